The molecule has 3 rings (SSSR count). The maximum absolute atomic E-state index is 12.0. The molecule has 0 aliphatic carbocycles. The summed E-state index contributed by atoms with van der Waals surface area (Å²) >= 11 is 0. The third-order valence-corrected chi connectivity index (χ3v) is 4.31. The molecular formula is C18H23N9O. The lowest BCUT2D eigenvalue weighted by Crippen LogP contribution is -2.45. The van der Waals surface area contributed by atoms with E-state index in [4.69, 9.17) is 6.57 Å². The van der Waals surface area contributed by atoms with Crippen LogP contribution in [0.15, 0.2) is 18.2 Å². The van der Waals surface area contributed by atoms with E-state index in [-0.39, 0.29) is 12.4 Å². The summed E-state index contributed by atoms with van der Waals surface area (Å²) < 4.78 is 0. The van der Waals surface area contributed by atoms with Gasteiger partial charge in [-0.2, -0.15) is 15.0 Å². The molecule has 0 saturated carbocycles. The molecule has 0 aromatic carbocycles. The van der Waals surface area contributed by atoms with Gasteiger partial charge in [0, 0.05) is 32.6 Å². The minimum Gasteiger partial charge on any atom is -0.338 e. The molecule has 10 nitrogen and oxygen atoms in total. The van der Waals surface area contributed by atoms with Gasteiger partial charge in [0.1, 0.15) is 17.3 Å². The van der Waals surface area contributed by atoms with Gasteiger partial charge >= 0.3 is 0 Å². The molecule has 2 aromatic rings. The van der Waals surface area contributed by atoms with Crippen LogP contribution in [0, 0.1) is 6.57 Å². The Morgan fingerprint density at radius 2 is 1.96 bits per heavy atom. The second kappa shape index (κ2) is 9.05. The molecule has 146 valence electrons. The molecule has 0 unspecified atom stereocenters. The van der Waals surface area contributed by atoms with Gasteiger partial charge in [-0.05, 0) is 19.2 Å². The molecule has 1 saturated heterocycles. The zero-order valence-corrected chi connectivity index (χ0v) is 16.0. The Morgan fingerprint density at radius 3 is 2.68 bits per heavy atom. The highest BCUT2D eigenvalue weighted by molar-refractivity contribution is 5.92. The number of amides is 1. The molecule has 0 radical (unpaired) electrons. The van der Waals surface area contributed by atoms with Crippen molar-refractivity contribution in [1.82, 2.24) is 30.2 Å². The van der Waals surface area contributed by atoms with Gasteiger partial charge in [-0.25, -0.2) is 11.6 Å². The molecule has 0 spiro atoms. The second-order valence-corrected chi connectivity index (χ2v) is 6.37. The van der Waals surface area contributed by atoms with E-state index in [9.17, 15) is 4.79 Å². The van der Waals surface area contributed by atoms with Crippen LogP contribution in [0.5, 0.6) is 0 Å². The number of nitrogens with zero attached hydrogens (tertiary/aromatic N) is 7. The number of piperazine rings is 1. The number of rotatable bonds is 6. The van der Waals surface area contributed by atoms with Crippen LogP contribution in [0.4, 0.5) is 17.7 Å². The summed E-state index contributed by atoms with van der Waals surface area (Å²) in [4.78, 5) is 37.3. The number of carbonyl (C=O) groups excluding carboxylic acids is 1. The van der Waals surface area contributed by atoms with Crippen molar-refractivity contribution in [3.63, 3.8) is 0 Å². The summed E-state index contributed by atoms with van der Waals surface area (Å²) in [5.41, 5.74) is 0.220. The van der Waals surface area contributed by atoms with Crippen LogP contribution in [0.25, 0.3) is 4.85 Å². The summed E-state index contributed by atoms with van der Waals surface area (Å²) in [6.07, 6.45) is 0.685. The number of anilines is 3. The molecule has 1 aliphatic heterocycles. The number of nitrogens with one attached hydrogen (secondary N) is 2. The van der Waals surface area contributed by atoms with Crippen molar-refractivity contribution < 1.29 is 4.79 Å². The van der Waals surface area contributed by atoms with Crippen molar-refractivity contribution in [1.29, 1.82) is 0 Å². The summed E-state index contributed by atoms with van der Waals surface area (Å²) in [5, 5.41) is 5.55. The predicted octanol–water partition coefficient (Wildman–Crippen LogP) is 0.931. The number of pyridine rings is 1. The first-order valence-corrected chi connectivity index (χ1v) is 9.13. The Kier molecular flexibility index (Phi) is 6.29. The first-order chi connectivity index (χ1) is 13.6. The molecule has 1 aliphatic rings. The van der Waals surface area contributed by atoms with Crippen molar-refractivity contribution >= 4 is 23.6 Å². The highest BCUT2D eigenvalue weighted by Gasteiger charge is 2.18. The number of hydrogen-bond acceptors (Lipinski definition) is 8. The van der Waals surface area contributed by atoms with Crippen molar-refractivity contribution in [2.24, 2.45) is 0 Å². The Morgan fingerprint density at radius 1 is 1.18 bits per heavy atom. The SMILES string of the molecule is [C-]#[N+]CNC(=O)c1cccc(Nc2nc(CC)nc(N3CCN(C)CC3)n2)n1. The Hall–Kier alpha value is -3.32. The number of aromatic nitrogens is 4. The van der Waals surface area contributed by atoms with Gasteiger partial charge in [-0.15, -0.1) is 0 Å². The van der Waals surface area contributed by atoms with E-state index in [1.807, 2.05) is 6.92 Å². The Balaban J connectivity index is 1.79. The summed E-state index contributed by atoms with van der Waals surface area (Å²) in [6.45, 7) is 12.3. The maximum Gasteiger partial charge on any atom is 0.289 e. The second-order valence-electron chi connectivity index (χ2n) is 6.37. The standard InChI is InChI=1S/C18H23N9O/c1-4-14-22-17(25-18(24-14)27-10-8-26(3)9-11-27)23-15-7-5-6-13(21-15)16(28)20-12-19-2/h5-7H,4,8-12H2,1,3H3,(H,20,28)(H,21,22,23,24,25). The first kappa shape index (κ1) is 19.4. The average molecular weight is 381 g/mol. The van der Waals surface area contributed by atoms with Gasteiger partial charge in [0.25, 0.3) is 12.6 Å². The predicted molar refractivity (Wildman–Crippen MR) is 105 cm³/mol. The fourth-order valence-electron chi connectivity index (χ4n) is 2.72. The van der Waals surface area contributed by atoms with Crippen LogP contribution >= 0.6 is 0 Å². The van der Waals surface area contributed by atoms with Gasteiger partial charge in [-0.1, -0.05) is 13.0 Å². The molecule has 2 aromatic heterocycles. The molecular weight excluding hydrogens is 358 g/mol. The fourth-order valence-corrected chi connectivity index (χ4v) is 2.72. The molecule has 3 heterocycles. The first-order valence-electron chi connectivity index (χ1n) is 9.13. The van der Waals surface area contributed by atoms with E-state index >= 15 is 0 Å². The number of carbonyl (C=O) groups is 1. The van der Waals surface area contributed by atoms with E-state index in [1.165, 1.54) is 0 Å². The van der Waals surface area contributed by atoms with Crippen molar-refractivity contribution in [3.05, 3.63) is 41.1 Å². The lowest BCUT2D eigenvalue weighted by atomic mass is 10.3. The quantitative estimate of drug-likeness (QED) is 0.713. The van der Waals surface area contributed by atoms with Gasteiger partial charge in [0.05, 0.1) is 0 Å². The normalized spacial score (nSPS) is 14.4. The van der Waals surface area contributed by atoms with Crippen molar-refractivity contribution in [2.75, 3.05) is 50.1 Å². The van der Waals surface area contributed by atoms with E-state index < -0.39 is 5.91 Å². The highest BCUT2D eigenvalue weighted by atomic mass is 16.1. The maximum atomic E-state index is 12.0. The molecule has 0 bridgehead atoms. The topological polar surface area (TPSA) is 104 Å². The smallest absolute Gasteiger partial charge is 0.289 e. The molecule has 0 atom stereocenters. The van der Waals surface area contributed by atoms with Crippen LogP contribution in [-0.2, 0) is 6.42 Å². The van der Waals surface area contributed by atoms with E-state index in [1.54, 1.807) is 18.2 Å². The molecule has 1 amide bonds. The number of aryl methyl sites for hydroxylation is 1. The third kappa shape index (κ3) is 4.89. The molecule has 1 fully saturated rings. The van der Waals surface area contributed by atoms with E-state index in [2.05, 4.69) is 52.3 Å². The lowest BCUT2D eigenvalue weighted by Gasteiger charge is -2.32. The Bertz CT molecular complexity index is 872. The fraction of sp³-hybridized carbons (Fsp3) is 0.444. The van der Waals surface area contributed by atoms with Gasteiger partial charge in [0.2, 0.25) is 11.9 Å². The van der Waals surface area contributed by atoms with Crippen LogP contribution < -0.4 is 15.5 Å². The minimum atomic E-state index is -0.400. The van der Waals surface area contributed by atoms with Crippen LogP contribution in [0.1, 0.15) is 23.2 Å². The summed E-state index contributed by atoms with van der Waals surface area (Å²) in [5.74, 6) is 1.79. The zero-order chi connectivity index (χ0) is 19.9. The van der Waals surface area contributed by atoms with E-state index in [0.717, 1.165) is 26.2 Å². The molecule has 28 heavy (non-hydrogen) atoms. The highest BCUT2D eigenvalue weighted by Crippen LogP contribution is 2.16. The van der Waals surface area contributed by atoms with Gasteiger partial charge < -0.3 is 15.1 Å². The van der Waals surface area contributed by atoms with Gasteiger partial charge in [-0.3, -0.25) is 15.0 Å². The lowest BCUT2D eigenvalue weighted by molar-refractivity contribution is 0.0953. The zero-order valence-electron chi connectivity index (χ0n) is 16.0. The summed E-state index contributed by atoms with van der Waals surface area (Å²) in [6, 6.07) is 5.03. The van der Waals surface area contributed by atoms with Crippen LogP contribution in [0.2, 0.25) is 0 Å². The largest absolute Gasteiger partial charge is 0.338 e. The number of likely N-dealkylation sites (N-methyl/N-ethyl adjacent to an activating group) is 1. The van der Waals surface area contributed by atoms with Crippen LogP contribution in [-0.4, -0.2) is 70.6 Å². The number of hydrogen-bond donors (Lipinski definition) is 2. The molecule has 2 N–H and O–H groups in total. The third-order valence-electron chi connectivity index (χ3n) is 4.31. The monoisotopic (exact) mass is 381 g/mol. The van der Waals surface area contributed by atoms with Crippen molar-refractivity contribution in [3.8, 4) is 0 Å². The van der Waals surface area contributed by atoms with E-state index in [0.29, 0.717) is 30.0 Å². The average Bonchev–Trinajstić information content (AvgIpc) is 2.72. The minimum absolute atomic E-state index is 0.0835. The summed E-state index contributed by atoms with van der Waals surface area (Å²) in [7, 11) is 2.10. The van der Waals surface area contributed by atoms with Crippen LogP contribution in [0.3, 0.4) is 0 Å². The molecule has 10 heteroatoms. The Labute approximate surface area is 163 Å². The van der Waals surface area contributed by atoms with Crippen molar-refractivity contribution in [2.45, 2.75) is 13.3 Å². The van der Waals surface area contributed by atoms with Gasteiger partial charge in [0.15, 0.2) is 0 Å².